The second kappa shape index (κ2) is 7.17. The Morgan fingerprint density at radius 3 is 2.68 bits per heavy atom. The van der Waals surface area contributed by atoms with Crippen molar-refractivity contribution in [2.24, 2.45) is 0 Å². The summed E-state index contributed by atoms with van der Waals surface area (Å²) >= 11 is 0. The predicted molar refractivity (Wildman–Crippen MR) is 80.9 cm³/mol. The third kappa shape index (κ3) is 4.14. The minimum atomic E-state index is -0.455. The average Bonchev–Trinajstić information content (AvgIpc) is 2.47. The quantitative estimate of drug-likeness (QED) is 0.452. The van der Waals surface area contributed by atoms with E-state index in [-0.39, 0.29) is 12.3 Å². The Bertz CT molecular complexity index is 556. The molecule has 1 aromatic rings. The number of nitrogens with zero attached hydrogens (tertiary/aromatic N) is 4. The van der Waals surface area contributed by atoms with Gasteiger partial charge in [0.15, 0.2) is 0 Å². The summed E-state index contributed by atoms with van der Waals surface area (Å²) in [6, 6.07) is 1.73. The molecule has 0 spiro atoms. The van der Waals surface area contributed by atoms with Crippen molar-refractivity contribution in [2.75, 3.05) is 44.7 Å². The summed E-state index contributed by atoms with van der Waals surface area (Å²) in [6.45, 7) is 4.98. The minimum Gasteiger partial charge on any atom is -0.466 e. The SMILES string of the molecule is CC(=O)OCCc1cc(N2CCN(C)CC2)ncc1[N+](=O)[O-]. The Labute approximate surface area is 128 Å². The number of esters is 1. The molecule has 8 heteroatoms. The van der Waals surface area contributed by atoms with Gasteiger partial charge in [-0.05, 0) is 13.1 Å². The smallest absolute Gasteiger partial charge is 0.302 e. The molecule has 0 unspecified atom stereocenters. The fourth-order valence-corrected chi connectivity index (χ4v) is 2.36. The number of carbonyl (C=O) groups excluding carboxylic acids is 1. The van der Waals surface area contributed by atoms with Gasteiger partial charge in [0.05, 0.1) is 11.5 Å². The molecule has 0 N–H and O–H groups in total. The monoisotopic (exact) mass is 308 g/mol. The zero-order valence-corrected chi connectivity index (χ0v) is 12.8. The molecule has 2 rings (SSSR count). The summed E-state index contributed by atoms with van der Waals surface area (Å²) in [5, 5.41) is 11.1. The number of likely N-dealkylation sites (N-methyl/N-ethyl adjacent to an activating group) is 1. The lowest BCUT2D eigenvalue weighted by Gasteiger charge is -2.33. The van der Waals surface area contributed by atoms with E-state index >= 15 is 0 Å². The third-order valence-corrected chi connectivity index (χ3v) is 3.65. The number of anilines is 1. The van der Waals surface area contributed by atoms with E-state index in [1.54, 1.807) is 6.07 Å². The first kappa shape index (κ1) is 16.2. The molecule has 1 saturated heterocycles. The van der Waals surface area contributed by atoms with Gasteiger partial charge in [-0.2, -0.15) is 0 Å². The molecular weight excluding hydrogens is 288 g/mol. The topological polar surface area (TPSA) is 88.8 Å². The van der Waals surface area contributed by atoms with Gasteiger partial charge in [-0.25, -0.2) is 4.98 Å². The molecule has 0 radical (unpaired) electrons. The first-order chi connectivity index (χ1) is 10.5. The van der Waals surface area contributed by atoms with E-state index in [0.717, 1.165) is 32.0 Å². The number of carbonyl (C=O) groups is 1. The van der Waals surface area contributed by atoms with Crippen molar-refractivity contribution in [1.82, 2.24) is 9.88 Å². The van der Waals surface area contributed by atoms with Crippen molar-refractivity contribution in [3.63, 3.8) is 0 Å². The van der Waals surface area contributed by atoms with Crippen LogP contribution in [0.1, 0.15) is 12.5 Å². The summed E-state index contributed by atoms with van der Waals surface area (Å²) in [7, 11) is 2.06. The third-order valence-electron chi connectivity index (χ3n) is 3.65. The molecule has 0 atom stereocenters. The highest BCUT2D eigenvalue weighted by molar-refractivity contribution is 5.65. The fraction of sp³-hybridized carbons (Fsp3) is 0.571. The molecule has 120 valence electrons. The molecule has 0 aromatic carbocycles. The Morgan fingerprint density at radius 2 is 2.09 bits per heavy atom. The Hall–Kier alpha value is -2.22. The molecule has 0 saturated carbocycles. The molecule has 0 amide bonds. The lowest BCUT2D eigenvalue weighted by atomic mass is 10.1. The molecule has 1 aliphatic rings. The Balaban J connectivity index is 2.15. The van der Waals surface area contributed by atoms with Crippen LogP contribution in [0.15, 0.2) is 12.3 Å². The van der Waals surface area contributed by atoms with E-state index in [1.165, 1.54) is 13.1 Å². The zero-order valence-electron chi connectivity index (χ0n) is 12.8. The van der Waals surface area contributed by atoms with Crippen LogP contribution in [-0.4, -0.2) is 60.6 Å². The molecule has 22 heavy (non-hydrogen) atoms. The number of ether oxygens (including phenoxy) is 1. The molecule has 8 nitrogen and oxygen atoms in total. The van der Waals surface area contributed by atoms with Crippen LogP contribution >= 0.6 is 0 Å². The van der Waals surface area contributed by atoms with Crippen LogP contribution in [0.2, 0.25) is 0 Å². The highest BCUT2D eigenvalue weighted by Crippen LogP contribution is 2.23. The predicted octanol–water partition coefficient (Wildman–Crippen LogP) is 0.847. The van der Waals surface area contributed by atoms with Crippen molar-refractivity contribution in [3.8, 4) is 0 Å². The van der Waals surface area contributed by atoms with Gasteiger partial charge in [0.1, 0.15) is 12.0 Å². The van der Waals surface area contributed by atoms with E-state index in [0.29, 0.717) is 12.0 Å². The van der Waals surface area contributed by atoms with Gasteiger partial charge in [-0.1, -0.05) is 0 Å². The van der Waals surface area contributed by atoms with Crippen LogP contribution in [0, 0.1) is 10.1 Å². The lowest BCUT2D eigenvalue weighted by Crippen LogP contribution is -2.44. The zero-order chi connectivity index (χ0) is 16.1. The van der Waals surface area contributed by atoms with Crippen LogP contribution in [-0.2, 0) is 16.0 Å². The summed E-state index contributed by atoms with van der Waals surface area (Å²) in [4.78, 5) is 30.0. The van der Waals surface area contributed by atoms with Crippen LogP contribution in [0.4, 0.5) is 11.5 Å². The largest absolute Gasteiger partial charge is 0.466 e. The minimum absolute atomic E-state index is 0.0370. The number of hydrogen-bond donors (Lipinski definition) is 0. The summed E-state index contributed by atoms with van der Waals surface area (Å²) in [6.07, 6.45) is 1.59. The normalized spacial score (nSPS) is 15.6. The highest BCUT2D eigenvalue weighted by Gasteiger charge is 2.20. The van der Waals surface area contributed by atoms with E-state index < -0.39 is 10.9 Å². The maximum Gasteiger partial charge on any atom is 0.302 e. The molecule has 0 aliphatic carbocycles. The van der Waals surface area contributed by atoms with E-state index in [2.05, 4.69) is 21.8 Å². The second-order valence-electron chi connectivity index (χ2n) is 5.31. The number of aromatic nitrogens is 1. The Kier molecular flexibility index (Phi) is 5.26. The van der Waals surface area contributed by atoms with Gasteiger partial charge < -0.3 is 14.5 Å². The summed E-state index contributed by atoms with van der Waals surface area (Å²) in [5.74, 6) is 0.340. The lowest BCUT2D eigenvalue weighted by molar-refractivity contribution is -0.385. The van der Waals surface area contributed by atoms with Crippen molar-refractivity contribution in [3.05, 3.63) is 27.9 Å². The van der Waals surface area contributed by atoms with Crippen LogP contribution < -0.4 is 4.90 Å². The van der Waals surface area contributed by atoms with Crippen LogP contribution in [0.5, 0.6) is 0 Å². The second-order valence-corrected chi connectivity index (χ2v) is 5.31. The van der Waals surface area contributed by atoms with Crippen molar-refractivity contribution >= 4 is 17.5 Å². The van der Waals surface area contributed by atoms with Gasteiger partial charge in [-0.15, -0.1) is 0 Å². The molecule has 1 fully saturated rings. The van der Waals surface area contributed by atoms with E-state index in [9.17, 15) is 14.9 Å². The van der Waals surface area contributed by atoms with E-state index in [1.807, 2.05) is 0 Å². The number of nitro groups is 1. The molecular formula is C14H20N4O4. The number of pyridine rings is 1. The van der Waals surface area contributed by atoms with Gasteiger partial charge in [0.2, 0.25) is 0 Å². The van der Waals surface area contributed by atoms with Crippen LogP contribution in [0.3, 0.4) is 0 Å². The highest BCUT2D eigenvalue weighted by atomic mass is 16.6. The van der Waals surface area contributed by atoms with Gasteiger partial charge in [0, 0.05) is 45.1 Å². The summed E-state index contributed by atoms with van der Waals surface area (Å²) < 4.78 is 4.88. The average molecular weight is 308 g/mol. The number of hydrogen-bond acceptors (Lipinski definition) is 7. The number of piperazine rings is 1. The van der Waals surface area contributed by atoms with E-state index in [4.69, 9.17) is 4.74 Å². The fourth-order valence-electron chi connectivity index (χ4n) is 2.36. The Morgan fingerprint density at radius 1 is 1.41 bits per heavy atom. The van der Waals surface area contributed by atoms with Crippen LogP contribution in [0.25, 0.3) is 0 Å². The summed E-state index contributed by atoms with van der Waals surface area (Å²) in [5.41, 5.74) is 0.500. The first-order valence-electron chi connectivity index (χ1n) is 7.17. The van der Waals surface area contributed by atoms with Gasteiger partial charge in [0.25, 0.3) is 5.69 Å². The van der Waals surface area contributed by atoms with Gasteiger partial charge >= 0.3 is 5.97 Å². The maximum atomic E-state index is 11.1. The van der Waals surface area contributed by atoms with Gasteiger partial charge in [-0.3, -0.25) is 14.9 Å². The maximum absolute atomic E-state index is 11.1. The number of rotatable bonds is 5. The molecule has 2 heterocycles. The first-order valence-corrected chi connectivity index (χ1v) is 7.17. The van der Waals surface area contributed by atoms with Crippen molar-refractivity contribution in [1.29, 1.82) is 0 Å². The molecule has 0 bridgehead atoms. The van der Waals surface area contributed by atoms with Crippen molar-refractivity contribution < 1.29 is 14.5 Å². The molecule has 1 aromatic heterocycles. The van der Waals surface area contributed by atoms with Crippen molar-refractivity contribution in [2.45, 2.75) is 13.3 Å². The standard InChI is InChI=1S/C14H20N4O4/c1-11(19)22-8-3-12-9-14(15-10-13(12)18(20)21)17-6-4-16(2)5-7-17/h9-10H,3-8H2,1-2H3. The molecule has 1 aliphatic heterocycles.